The summed E-state index contributed by atoms with van der Waals surface area (Å²) in [7, 11) is 1.65. The van der Waals surface area contributed by atoms with Crippen molar-refractivity contribution in [2.45, 2.75) is 51.5 Å². The number of rotatable bonds is 9. The molecule has 0 bridgehead atoms. The molecule has 1 aromatic rings. The third kappa shape index (κ3) is 6.03. The lowest BCUT2D eigenvalue weighted by molar-refractivity contribution is 0.0847. The minimum atomic E-state index is -0.217. The van der Waals surface area contributed by atoms with Crippen molar-refractivity contribution >= 4 is 12.2 Å². The van der Waals surface area contributed by atoms with Crippen molar-refractivity contribution in [2.24, 2.45) is 5.92 Å². The van der Waals surface area contributed by atoms with Gasteiger partial charge in [0.05, 0.1) is 19.8 Å². The molecule has 2 saturated heterocycles. The molecule has 2 fully saturated rings. The second kappa shape index (κ2) is 11.1. The number of ether oxygens (including phenoxy) is 3. The zero-order chi connectivity index (χ0) is 21.3. The molecule has 1 aromatic carbocycles. The molecule has 30 heavy (non-hydrogen) atoms. The number of cyclic esters (lactones) is 1. The molecule has 0 aromatic heterocycles. The van der Waals surface area contributed by atoms with E-state index in [0.717, 1.165) is 57.4 Å². The van der Waals surface area contributed by atoms with Gasteiger partial charge in [0, 0.05) is 19.6 Å². The summed E-state index contributed by atoms with van der Waals surface area (Å²) in [6, 6.07) is 8.03. The van der Waals surface area contributed by atoms with Gasteiger partial charge in [-0.1, -0.05) is 25.5 Å². The van der Waals surface area contributed by atoms with E-state index >= 15 is 0 Å². The van der Waals surface area contributed by atoms with Gasteiger partial charge < -0.3 is 24.0 Å². The number of unbranched alkanes of at least 4 members (excludes halogenated alkanes) is 1. The summed E-state index contributed by atoms with van der Waals surface area (Å²) in [5.74, 6) is 1.34. The number of carbonyl (C=O) groups is 2. The molecule has 2 heterocycles. The van der Waals surface area contributed by atoms with Crippen LogP contribution in [0.15, 0.2) is 24.3 Å². The van der Waals surface area contributed by atoms with Crippen molar-refractivity contribution in [1.29, 1.82) is 0 Å². The molecular formula is C23H34N2O5. The molecule has 7 heteroatoms. The number of hydrogen-bond donors (Lipinski definition) is 0. The number of benzene rings is 1. The Morgan fingerprint density at radius 1 is 1.20 bits per heavy atom. The highest BCUT2D eigenvalue weighted by Crippen LogP contribution is 2.25. The second-order valence-corrected chi connectivity index (χ2v) is 8.16. The van der Waals surface area contributed by atoms with Crippen molar-refractivity contribution in [2.75, 3.05) is 40.0 Å². The van der Waals surface area contributed by atoms with E-state index in [1.807, 2.05) is 34.1 Å². The van der Waals surface area contributed by atoms with E-state index in [1.54, 1.807) is 7.11 Å². The smallest absolute Gasteiger partial charge is 0.410 e. The maximum absolute atomic E-state index is 12.2. The standard InChI is InChI=1S/C23H34N2O5/c1-3-4-15-29-22(26)24-12-9-18(10-13-24)11-14-25-20(17-30-23(25)27)16-19-5-7-21(28-2)8-6-19/h5-8,18,20H,3-4,9-17H2,1-2H3. The van der Waals surface area contributed by atoms with Crippen LogP contribution in [0.4, 0.5) is 9.59 Å². The van der Waals surface area contributed by atoms with Gasteiger partial charge in [-0.2, -0.15) is 0 Å². The minimum Gasteiger partial charge on any atom is -0.497 e. The Balaban J connectivity index is 1.42. The van der Waals surface area contributed by atoms with Crippen LogP contribution in [-0.2, 0) is 15.9 Å². The maximum Gasteiger partial charge on any atom is 0.410 e. The molecule has 2 aliphatic rings. The van der Waals surface area contributed by atoms with Crippen LogP contribution in [0.3, 0.4) is 0 Å². The predicted octanol–water partition coefficient (Wildman–Crippen LogP) is 4.10. The van der Waals surface area contributed by atoms with E-state index in [-0.39, 0.29) is 18.2 Å². The molecule has 7 nitrogen and oxygen atoms in total. The average molecular weight is 419 g/mol. The Morgan fingerprint density at radius 2 is 1.93 bits per heavy atom. The summed E-state index contributed by atoms with van der Waals surface area (Å²) in [5.41, 5.74) is 1.17. The van der Waals surface area contributed by atoms with Crippen molar-refractivity contribution in [3.63, 3.8) is 0 Å². The van der Waals surface area contributed by atoms with Crippen LogP contribution in [0.25, 0.3) is 0 Å². The molecule has 3 rings (SSSR count). The van der Waals surface area contributed by atoms with E-state index in [2.05, 4.69) is 6.92 Å². The van der Waals surface area contributed by atoms with Crippen LogP contribution in [0.2, 0.25) is 0 Å². The van der Waals surface area contributed by atoms with Gasteiger partial charge in [-0.05, 0) is 55.7 Å². The molecule has 1 atom stereocenters. The zero-order valence-corrected chi connectivity index (χ0v) is 18.2. The third-order valence-corrected chi connectivity index (χ3v) is 6.08. The fraction of sp³-hybridized carbons (Fsp3) is 0.652. The van der Waals surface area contributed by atoms with Gasteiger partial charge in [0.1, 0.15) is 12.4 Å². The van der Waals surface area contributed by atoms with Crippen LogP contribution in [0.1, 0.15) is 44.6 Å². The first-order valence-electron chi connectivity index (χ1n) is 11.1. The molecule has 0 aliphatic carbocycles. The number of likely N-dealkylation sites (tertiary alicyclic amines) is 1. The fourth-order valence-electron chi connectivity index (χ4n) is 4.09. The van der Waals surface area contributed by atoms with Crippen molar-refractivity contribution in [3.8, 4) is 5.75 Å². The first-order valence-corrected chi connectivity index (χ1v) is 11.1. The lowest BCUT2D eigenvalue weighted by Gasteiger charge is -2.32. The number of nitrogens with zero attached hydrogens (tertiary/aromatic N) is 2. The summed E-state index contributed by atoms with van der Waals surface area (Å²) in [4.78, 5) is 28.0. The summed E-state index contributed by atoms with van der Waals surface area (Å²) in [6.45, 7) is 5.18. The fourth-order valence-corrected chi connectivity index (χ4v) is 4.09. The number of amides is 2. The second-order valence-electron chi connectivity index (χ2n) is 8.16. The highest BCUT2D eigenvalue weighted by atomic mass is 16.6. The van der Waals surface area contributed by atoms with Gasteiger partial charge >= 0.3 is 12.2 Å². The molecular weight excluding hydrogens is 384 g/mol. The van der Waals surface area contributed by atoms with Crippen molar-refractivity contribution in [3.05, 3.63) is 29.8 Å². The van der Waals surface area contributed by atoms with Crippen LogP contribution in [0, 0.1) is 5.92 Å². The Kier molecular flexibility index (Phi) is 8.22. The van der Waals surface area contributed by atoms with Crippen LogP contribution in [0.5, 0.6) is 5.75 Å². The van der Waals surface area contributed by atoms with E-state index < -0.39 is 0 Å². The molecule has 2 aliphatic heterocycles. The van der Waals surface area contributed by atoms with E-state index in [1.165, 1.54) is 5.56 Å². The Morgan fingerprint density at radius 3 is 2.60 bits per heavy atom. The molecule has 0 saturated carbocycles. The quantitative estimate of drug-likeness (QED) is 0.565. The Bertz CT molecular complexity index is 685. The van der Waals surface area contributed by atoms with Gasteiger partial charge in [0.2, 0.25) is 0 Å². The first-order chi connectivity index (χ1) is 14.6. The largest absolute Gasteiger partial charge is 0.497 e. The van der Waals surface area contributed by atoms with Crippen LogP contribution in [-0.4, -0.2) is 68.0 Å². The lowest BCUT2D eigenvalue weighted by atomic mass is 9.93. The summed E-state index contributed by atoms with van der Waals surface area (Å²) in [6.07, 6.45) is 5.14. The van der Waals surface area contributed by atoms with Crippen molar-refractivity contribution in [1.82, 2.24) is 9.80 Å². The number of hydrogen-bond acceptors (Lipinski definition) is 5. The highest BCUT2D eigenvalue weighted by molar-refractivity contribution is 5.70. The molecule has 0 radical (unpaired) electrons. The minimum absolute atomic E-state index is 0.0690. The van der Waals surface area contributed by atoms with Gasteiger partial charge in [0.15, 0.2) is 0 Å². The molecule has 0 spiro atoms. The normalized spacial score (nSPS) is 19.7. The predicted molar refractivity (Wildman–Crippen MR) is 114 cm³/mol. The topological polar surface area (TPSA) is 68.3 Å². The summed E-state index contributed by atoms with van der Waals surface area (Å²) < 4.78 is 15.8. The molecule has 0 N–H and O–H groups in total. The van der Waals surface area contributed by atoms with Gasteiger partial charge in [-0.15, -0.1) is 0 Å². The molecule has 1 unspecified atom stereocenters. The third-order valence-electron chi connectivity index (χ3n) is 6.08. The van der Waals surface area contributed by atoms with Crippen molar-refractivity contribution < 1.29 is 23.8 Å². The van der Waals surface area contributed by atoms with Gasteiger partial charge in [0.25, 0.3) is 0 Å². The maximum atomic E-state index is 12.2. The SMILES string of the molecule is CCCCOC(=O)N1CCC(CCN2C(=O)OCC2Cc2ccc(OC)cc2)CC1. The first kappa shape index (κ1) is 22.2. The van der Waals surface area contributed by atoms with E-state index in [0.29, 0.717) is 25.7 Å². The van der Waals surface area contributed by atoms with Gasteiger partial charge in [-0.25, -0.2) is 9.59 Å². The highest BCUT2D eigenvalue weighted by Gasteiger charge is 2.33. The monoisotopic (exact) mass is 418 g/mol. The van der Waals surface area contributed by atoms with Crippen LogP contribution < -0.4 is 4.74 Å². The number of methoxy groups -OCH3 is 1. The Labute approximate surface area is 179 Å². The lowest BCUT2D eigenvalue weighted by Crippen LogP contribution is -2.41. The summed E-state index contributed by atoms with van der Waals surface area (Å²) >= 11 is 0. The van der Waals surface area contributed by atoms with E-state index in [4.69, 9.17) is 14.2 Å². The van der Waals surface area contributed by atoms with Gasteiger partial charge in [-0.3, -0.25) is 0 Å². The molecule has 166 valence electrons. The average Bonchev–Trinajstić information content (AvgIpc) is 3.12. The molecule has 2 amide bonds. The zero-order valence-electron chi connectivity index (χ0n) is 18.2. The number of carbonyl (C=O) groups excluding carboxylic acids is 2. The van der Waals surface area contributed by atoms with Crippen LogP contribution >= 0.6 is 0 Å². The number of piperidine rings is 1. The summed E-state index contributed by atoms with van der Waals surface area (Å²) in [5, 5.41) is 0. The Hall–Kier alpha value is -2.44. The van der Waals surface area contributed by atoms with E-state index in [9.17, 15) is 9.59 Å².